The van der Waals surface area contributed by atoms with Crippen molar-refractivity contribution in [2.45, 2.75) is 0 Å². The number of hydrogen-bond donors (Lipinski definition) is 2. The molecule has 0 unspecified atom stereocenters. The van der Waals surface area contributed by atoms with Crippen LogP contribution in [0, 0.1) is 10.1 Å². The first kappa shape index (κ1) is 12.1. The highest BCUT2D eigenvalue weighted by atomic mass is 32.1. The van der Waals surface area contributed by atoms with Gasteiger partial charge in [-0.15, -0.1) is 0 Å². The molecule has 6 nitrogen and oxygen atoms in total. The van der Waals surface area contributed by atoms with Crippen LogP contribution >= 0.6 is 11.3 Å². The van der Waals surface area contributed by atoms with Gasteiger partial charge in [0.25, 0.3) is 5.91 Å². The molecule has 0 fully saturated rings. The summed E-state index contributed by atoms with van der Waals surface area (Å²) in [6.07, 6.45) is 0. The largest absolute Gasteiger partial charge is 0.399 e. The molecular formula is C11H9N3O3S. The molecule has 92 valence electrons. The SMILES string of the molecule is Nc1cccc(NC(=O)c2csc([N+](=O)[O-])c2)c1. The number of nitrogens with two attached hydrogens (primary N) is 1. The van der Waals surface area contributed by atoms with Crippen LogP contribution in [0.2, 0.25) is 0 Å². The lowest BCUT2D eigenvalue weighted by atomic mass is 10.2. The van der Waals surface area contributed by atoms with Crippen LogP contribution in [0.25, 0.3) is 0 Å². The second kappa shape index (κ2) is 4.84. The molecule has 3 N–H and O–H groups in total. The third kappa shape index (κ3) is 2.64. The Balaban J connectivity index is 2.14. The van der Waals surface area contributed by atoms with E-state index in [-0.39, 0.29) is 10.6 Å². The lowest BCUT2D eigenvalue weighted by Crippen LogP contribution is -2.10. The second-order valence-electron chi connectivity index (χ2n) is 3.51. The summed E-state index contributed by atoms with van der Waals surface area (Å²) in [5.74, 6) is -0.398. The first-order valence-corrected chi connectivity index (χ1v) is 5.84. The quantitative estimate of drug-likeness (QED) is 0.505. The van der Waals surface area contributed by atoms with E-state index in [0.29, 0.717) is 11.4 Å². The number of anilines is 2. The molecule has 7 heteroatoms. The maximum Gasteiger partial charge on any atom is 0.324 e. The van der Waals surface area contributed by atoms with E-state index in [1.54, 1.807) is 24.3 Å². The van der Waals surface area contributed by atoms with Crippen molar-refractivity contribution in [3.05, 3.63) is 51.4 Å². The van der Waals surface area contributed by atoms with Crippen LogP contribution in [-0.2, 0) is 0 Å². The fourth-order valence-corrected chi connectivity index (χ4v) is 2.06. The van der Waals surface area contributed by atoms with Gasteiger partial charge in [-0.05, 0) is 18.2 Å². The van der Waals surface area contributed by atoms with Crippen LogP contribution in [0.15, 0.2) is 35.7 Å². The van der Waals surface area contributed by atoms with E-state index < -0.39 is 10.8 Å². The summed E-state index contributed by atoms with van der Waals surface area (Å²) in [6.45, 7) is 0. The van der Waals surface area contributed by atoms with Crippen LogP contribution in [0.5, 0.6) is 0 Å². The lowest BCUT2D eigenvalue weighted by molar-refractivity contribution is -0.380. The minimum absolute atomic E-state index is 0.0623. The Labute approximate surface area is 106 Å². The van der Waals surface area contributed by atoms with Crippen LogP contribution in [0.4, 0.5) is 16.4 Å². The maximum absolute atomic E-state index is 11.8. The van der Waals surface area contributed by atoms with Crippen LogP contribution in [0.1, 0.15) is 10.4 Å². The second-order valence-corrected chi connectivity index (χ2v) is 4.40. The van der Waals surface area contributed by atoms with E-state index in [1.807, 2.05) is 0 Å². The molecule has 0 saturated carbocycles. The van der Waals surface area contributed by atoms with Crippen LogP contribution in [0.3, 0.4) is 0 Å². The first-order valence-electron chi connectivity index (χ1n) is 4.96. The molecule has 1 aromatic heterocycles. The highest BCUT2D eigenvalue weighted by Gasteiger charge is 2.14. The van der Waals surface area contributed by atoms with Crippen molar-refractivity contribution in [2.75, 3.05) is 11.1 Å². The van der Waals surface area contributed by atoms with Gasteiger partial charge in [0.15, 0.2) is 0 Å². The summed E-state index contributed by atoms with van der Waals surface area (Å²) in [7, 11) is 0. The summed E-state index contributed by atoms with van der Waals surface area (Å²) in [6, 6.07) is 7.95. The fourth-order valence-electron chi connectivity index (χ4n) is 1.36. The van der Waals surface area contributed by atoms with Gasteiger partial charge >= 0.3 is 5.00 Å². The first-order chi connectivity index (χ1) is 8.56. The van der Waals surface area contributed by atoms with Gasteiger partial charge in [0.2, 0.25) is 0 Å². The zero-order chi connectivity index (χ0) is 13.1. The Morgan fingerprint density at radius 1 is 1.39 bits per heavy atom. The third-order valence-corrected chi connectivity index (χ3v) is 3.05. The summed E-state index contributed by atoms with van der Waals surface area (Å²) in [5.41, 5.74) is 6.92. The Bertz CT molecular complexity index is 609. The van der Waals surface area contributed by atoms with Gasteiger partial charge in [-0.25, -0.2) is 0 Å². The average molecular weight is 263 g/mol. The average Bonchev–Trinajstić information content (AvgIpc) is 2.78. The van der Waals surface area contributed by atoms with Gasteiger partial charge in [0.05, 0.1) is 10.5 Å². The number of carbonyl (C=O) groups excluding carboxylic acids is 1. The smallest absolute Gasteiger partial charge is 0.324 e. The summed E-state index contributed by atoms with van der Waals surface area (Å²) >= 11 is 0.915. The number of nitrogens with zero attached hydrogens (tertiary/aromatic N) is 1. The normalized spacial score (nSPS) is 10.0. The summed E-state index contributed by atoms with van der Waals surface area (Å²) in [4.78, 5) is 21.8. The zero-order valence-electron chi connectivity index (χ0n) is 9.12. The minimum Gasteiger partial charge on any atom is -0.399 e. The Morgan fingerprint density at radius 2 is 2.17 bits per heavy atom. The van der Waals surface area contributed by atoms with Gasteiger partial charge in [0, 0.05) is 22.8 Å². The van der Waals surface area contributed by atoms with Gasteiger partial charge in [-0.2, -0.15) is 0 Å². The zero-order valence-corrected chi connectivity index (χ0v) is 9.94. The number of nitrogens with one attached hydrogen (secondary N) is 1. The maximum atomic E-state index is 11.8. The van der Waals surface area contributed by atoms with E-state index in [4.69, 9.17) is 5.73 Å². The highest BCUT2D eigenvalue weighted by Crippen LogP contribution is 2.23. The van der Waals surface area contributed by atoms with Gasteiger partial charge in [-0.1, -0.05) is 17.4 Å². The molecule has 0 bridgehead atoms. The van der Waals surface area contributed by atoms with E-state index in [0.717, 1.165) is 11.3 Å². The number of nitro groups is 1. The molecule has 2 aromatic rings. The van der Waals surface area contributed by atoms with Gasteiger partial charge in [-0.3, -0.25) is 14.9 Å². The lowest BCUT2D eigenvalue weighted by Gasteiger charge is -2.03. The predicted molar refractivity (Wildman–Crippen MR) is 69.8 cm³/mol. The molecule has 0 radical (unpaired) electrons. The molecule has 0 saturated heterocycles. The van der Waals surface area contributed by atoms with E-state index in [2.05, 4.69) is 5.32 Å². The van der Waals surface area contributed by atoms with Crippen LogP contribution < -0.4 is 11.1 Å². The summed E-state index contributed by atoms with van der Waals surface area (Å²) in [5, 5.41) is 14.5. The number of thiophene rings is 1. The van der Waals surface area contributed by atoms with Crippen molar-refractivity contribution in [3.63, 3.8) is 0 Å². The molecule has 0 aliphatic rings. The molecule has 18 heavy (non-hydrogen) atoms. The third-order valence-electron chi connectivity index (χ3n) is 2.17. The number of rotatable bonds is 3. The predicted octanol–water partition coefficient (Wildman–Crippen LogP) is 2.49. The molecule has 0 aliphatic heterocycles. The van der Waals surface area contributed by atoms with Crippen molar-refractivity contribution in [3.8, 4) is 0 Å². The van der Waals surface area contributed by atoms with Crippen molar-refractivity contribution in [2.24, 2.45) is 0 Å². The number of amides is 1. The van der Waals surface area contributed by atoms with Crippen LogP contribution in [-0.4, -0.2) is 10.8 Å². The minimum atomic E-state index is -0.526. The number of hydrogen-bond acceptors (Lipinski definition) is 5. The molecule has 1 heterocycles. The van der Waals surface area contributed by atoms with Gasteiger partial charge < -0.3 is 11.1 Å². The molecule has 1 amide bonds. The standard InChI is InChI=1S/C11H9N3O3S/c12-8-2-1-3-9(5-8)13-11(15)7-4-10(14(16)17)18-6-7/h1-6H,12H2,(H,13,15). The molecule has 0 aliphatic carbocycles. The van der Waals surface area contributed by atoms with Gasteiger partial charge in [0.1, 0.15) is 0 Å². The number of benzene rings is 1. The van der Waals surface area contributed by atoms with E-state index in [1.165, 1.54) is 11.4 Å². The number of nitrogen functional groups attached to an aromatic ring is 1. The Hall–Kier alpha value is -2.41. The molecule has 1 aromatic carbocycles. The van der Waals surface area contributed by atoms with Crippen molar-refractivity contribution >= 4 is 33.6 Å². The Morgan fingerprint density at radius 3 is 2.78 bits per heavy atom. The van der Waals surface area contributed by atoms with Crippen molar-refractivity contribution in [1.29, 1.82) is 0 Å². The topological polar surface area (TPSA) is 98.3 Å². The van der Waals surface area contributed by atoms with Crippen molar-refractivity contribution in [1.82, 2.24) is 0 Å². The molecular weight excluding hydrogens is 254 g/mol. The number of carbonyl (C=O) groups is 1. The molecule has 2 rings (SSSR count). The van der Waals surface area contributed by atoms with Crippen molar-refractivity contribution < 1.29 is 9.72 Å². The van der Waals surface area contributed by atoms with E-state index in [9.17, 15) is 14.9 Å². The molecule has 0 spiro atoms. The highest BCUT2D eigenvalue weighted by molar-refractivity contribution is 7.13. The monoisotopic (exact) mass is 263 g/mol. The fraction of sp³-hybridized carbons (Fsp3) is 0. The van der Waals surface area contributed by atoms with E-state index >= 15 is 0 Å². The Kier molecular flexibility index (Phi) is 3.24. The summed E-state index contributed by atoms with van der Waals surface area (Å²) < 4.78 is 0. The molecule has 0 atom stereocenters.